The second-order valence-electron chi connectivity index (χ2n) is 4.81. The van der Waals surface area contributed by atoms with Crippen molar-refractivity contribution in [1.29, 1.82) is 0 Å². The van der Waals surface area contributed by atoms with E-state index in [4.69, 9.17) is 5.73 Å². The summed E-state index contributed by atoms with van der Waals surface area (Å²) in [4.78, 5) is 12.9. The highest BCUT2D eigenvalue weighted by Crippen LogP contribution is 2.36. The van der Waals surface area contributed by atoms with Crippen LogP contribution in [0.15, 0.2) is 23.1 Å². The molecule has 0 spiro atoms. The predicted molar refractivity (Wildman–Crippen MR) is 75.5 cm³/mol. The maximum Gasteiger partial charge on any atom is 0.222 e. The molecule has 0 saturated carbocycles. The van der Waals surface area contributed by atoms with Crippen LogP contribution in [0, 0.1) is 5.82 Å². The van der Waals surface area contributed by atoms with E-state index in [-0.39, 0.29) is 23.8 Å². The second-order valence-corrected chi connectivity index (χ2v) is 5.95. The molecule has 1 aliphatic heterocycles. The number of fused-ring (bicyclic) bond motifs is 1. The summed E-state index contributed by atoms with van der Waals surface area (Å²) < 4.78 is 13.3. The number of carbonyl (C=O) groups excluding carboxylic acids is 1. The van der Waals surface area contributed by atoms with E-state index in [2.05, 4.69) is 5.32 Å². The molecule has 1 aliphatic rings. The van der Waals surface area contributed by atoms with Crippen LogP contribution in [0.4, 0.5) is 4.39 Å². The lowest BCUT2D eigenvalue weighted by molar-refractivity contribution is -0.122. The van der Waals surface area contributed by atoms with Crippen LogP contribution >= 0.6 is 11.8 Å². The maximum absolute atomic E-state index is 13.3. The number of benzene rings is 1. The van der Waals surface area contributed by atoms with Crippen LogP contribution in [0.3, 0.4) is 0 Å². The Bertz CT molecular complexity index is 467. The van der Waals surface area contributed by atoms with Gasteiger partial charge in [0.2, 0.25) is 5.91 Å². The van der Waals surface area contributed by atoms with Gasteiger partial charge < -0.3 is 11.1 Å². The Morgan fingerprint density at radius 2 is 2.42 bits per heavy atom. The van der Waals surface area contributed by atoms with Gasteiger partial charge in [0, 0.05) is 23.1 Å². The Hall–Kier alpha value is -1.07. The summed E-state index contributed by atoms with van der Waals surface area (Å²) in [6.07, 6.45) is 1.93. The van der Waals surface area contributed by atoms with Gasteiger partial charge in [0.25, 0.3) is 0 Å². The van der Waals surface area contributed by atoms with Crippen LogP contribution in [0.5, 0.6) is 0 Å². The molecule has 2 atom stereocenters. The monoisotopic (exact) mass is 282 g/mol. The van der Waals surface area contributed by atoms with Crippen molar-refractivity contribution < 1.29 is 9.18 Å². The predicted octanol–water partition coefficient (Wildman–Crippen LogP) is 2.61. The number of thioether (sulfide) groups is 1. The van der Waals surface area contributed by atoms with Gasteiger partial charge in [0.1, 0.15) is 5.82 Å². The Balaban J connectivity index is 2.07. The lowest BCUT2D eigenvalue weighted by Crippen LogP contribution is -2.35. The summed E-state index contributed by atoms with van der Waals surface area (Å²) in [6, 6.07) is 4.56. The van der Waals surface area contributed by atoms with Gasteiger partial charge in [-0.05, 0) is 36.6 Å². The molecule has 0 radical (unpaired) electrons. The average molecular weight is 282 g/mol. The van der Waals surface area contributed by atoms with Crippen LogP contribution in [0.25, 0.3) is 0 Å². The lowest BCUT2D eigenvalue weighted by Gasteiger charge is -2.26. The van der Waals surface area contributed by atoms with E-state index < -0.39 is 0 Å². The van der Waals surface area contributed by atoms with Gasteiger partial charge in [-0.15, -0.1) is 11.8 Å². The number of halogens is 1. The van der Waals surface area contributed by atoms with Gasteiger partial charge in [0.05, 0.1) is 6.04 Å². The van der Waals surface area contributed by atoms with Crippen molar-refractivity contribution >= 4 is 17.7 Å². The van der Waals surface area contributed by atoms with Crippen molar-refractivity contribution in [3.63, 3.8) is 0 Å². The minimum atomic E-state index is -0.259. The third kappa shape index (κ3) is 3.70. The molecule has 104 valence electrons. The highest BCUT2D eigenvalue weighted by atomic mass is 32.2. The van der Waals surface area contributed by atoms with Crippen LogP contribution in [0.2, 0.25) is 0 Å². The van der Waals surface area contributed by atoms with Crippen molar-refractivity contribution in [1.82, 2.24) is 5.32 Å². The standard InChI is InChI=1S/C14H19FN2OS/c1-2-10(16)8-14(18)17-12-5-6-19-13-4-3-9(15)7-11(12)13/h3-4,7,10,12H,2,5-6,8,16H2,1H3,(H,17,18). The average Bonchev–Trinajstić information content (AvgIpc) is 2.39. The van der Waals surface area contributed by atoms with Crippen molar-refractivity contribution in [3.8, 4) is 0 Å². The van der Waals surface area contributed by atoms with Crippen LogP contribution in [-0.2, 0) is 4.79 Å². The number of rotatable bonds is 4. The molecule has 2 rings (SSSR count). The first-order valence-electron chi connectivity index (χ1n) is 6.57. The molecule has 19 heavy (non-hydrogen) atoms. The highest BCUT2D eigenvalue weighted by Gasteiger charge is 2.23. The molecule has 1 aromatic rings. The largest absolute Gasteiger partial charge is 0.349 e. The topological polar surface area (TPSA) is 55.1 Å². The van der Waals surface area contributed by atoms with Crippen LogP contribution < -0.4 is 11.1 Å². The van der Waals surface area contributed by atoms with E-state index in [0.717, 1.165) is 29.1 Å². The number of nitrogens with two attached hydrogens (primary N) is 1. The van der Waals surface area contributed by atoms with Gasteiger partial charge in [-0.1, -0.05) is 6.92 Å². The molecule has 2 unspecified atom stereocenters. The van der Waals surface area contributed by atoms with E-state index in [1.54, 1.807) is 17.8 Å². The number of hydrogen-bond donors (Lipinski definition) is 2. The molecular weight excluding hydrogens is 263 g/mol. The van der Waals surface area contributed by atoms with E-state index >= 15 is 0 Å². The molecule has 3 nitrogen and oxygen atoms in total. The summed E-state index contributed by atoms with van der Waals surface area (Å²) >= 11 is 1.70. The zero-order chi connectivity index (χ0) is 13.8. The number of amides is 1. The first-order chi connectivity index (χ1) is 9.10. The summed E-state index contributed by atoms with van der Waals surface area (Å²) in [5, 5.41) is 2.97. The van der Waals surface area contributed by atoms with E-state index in [1.807, 2.05) is 6.92 Å². The molecule has 0 aromatic heterocycles. The Kier molecular flexibility index (Phi) is 4.82. The summed E-state index contributed by atoms with van der Waals surface area (Å²) in [5.41, 5.74) is 6.66. The van der Waals surface area contributed by atoms with Gasteiger partial charge in [-0.3, -0.25) is 4.79 Å². The number of nitrogens with one attached hydrogen (secondary N) is 1. The lowest BCUT2D eigenvalue weighted by atomic mass is 10.0. The molecular formula is C14H19FN2OS. The molecule has 1 aromatic carbocycles. The van der Waals surface area contributed by atoms with Crippen LogP contribution in [-0.4, -0.2) is 17.7 Å². The molecule has 0 aliphatic carbocycles. The maximum atomic E-state index is 13.3. The Morgan fingerprint density at radius 1 is 1.63 bits per heavy atom. The van der Waals surface area contributed by atoms with Gasteiger partial charge in [0.15, 0.2) is 0 Å². The molecule has 0 bridgehead atoms. The van der Waals surface area contributed by atoms with Crippen molar-refractivity contribution in [2.75, 3.05) is 5.75 Å². The zero-order valence-corrected chi connectivity index (χ0v) is 11.8. The zero-order valence-electron chi connectivity index (χ0n) is 11.0. The number of hydrogen-bond acceptors (Lipinski definition) is 3. The fraction of sp³-hybridized carbons (Fsp3) is 0.500. The van der Waals surface area contributed by atoms with E-state index in [0.29, 0.717) is 6.42 Å². The first-order valence-corrected chi connectivity index (χ1v) is 7.56. The van der Waals surface area contributed by atoms with Crippen LogP contribution in [0.1, 0.15) is 37.8 Å². The third-order valence-electron chi connectivity index (χ3n) is 3.32. The Labute approximate surface area is 117 Å². The summed E-state index contributed by atoms with van der Waals surface area (Å²) in [6.45, 7) is 1.96. The normalized spacial score (nSPS) is 19.6. The van der Waals surface area contributed by atoms with E-state index in [9.17, 15) is 9.18 Å². The molecule has 5 heteroatoms. The van der Waals surface area contributed by atoms with Crippen molar-refractivity contribution in [2.45, 2.75) is 43.2 Å². The third-order valence-corrected chi connectivity index (χ3v) is 4.44. The second kappa shape index (κ2) is 6.39. The highest BCUT2D eigenvalue weighted by molar-refractivity contribution is 7.99. The number of carbonyl (C=O) groups is 1. The molecule has 0 saturated heterocycles. The minimum Gasteiger partial charge on any atom is -0.349 e. The van der Waals surface area contributed by atoms with Gasteiger partial charge in [-0.2, -0.15) is 0 Å². The molecule has 3 N–H and O–H groups in total. The quantitative estimate of drug-likeness (QED) is 0.892. The van der Waals surface area contributed by atoms with Crippen molar-refractivity contribution in [2.24, 2.45) is 5.73 Å². The Morgan fingerprint density at radius 3 is 3.16 bits per heavy atom. The fourth-order valence-electron chi connectivity index (χ4n) is 2.15. The first kappa shape index (κ1) is 14.3. The minimum absolute atomic E-state index is 0.0542. The molecule has 1 amide bonds. The summed E-state index contributed by atoms with van der Waals surface area (Å²) in [5.74, 6) is 0.621. The van der Waals surface area contributed by atoms with E-state index in [1.165, 1.54) is 12.1 Å². The fourth-order valence-corrected chi connectivity index (χ4v) is 3.26. The smallest absolute Gasteiger partial charge is 0.222 e. The molecule has 1 heterocycles. The van der Waals surface area contributed by atoms with Gasteiger partial charge >= 0.3 is 0 Å². The summed E-state index contributed by atoms with van der Waals surface area (Å²) in [7, 11) is 0. The van der Waals surface area contributed by atoms with Crippen molar-refractivity contribution in [3.05, 3.63) is 29.6 Å². The molecule has 0 fully saturated rings. The SMILES string of the molecule is CCC(N)CC(=O)NC1CCSc2ccc(F)cc21. The van der Waals surface area contributed by atoms with Gasteiger partial charge in [-0.25, -0.2) is 4.39 Å².